The van der Waals surface area contributed by atoms with Gasteiger partial charge < -0.3 is 16.2 Å². The molecule has 4 nitrogen and oxygen atoms in total. The van der Waals surface area contributed by atoms with Crippen molar-refractivity contribution < 1.29 is 9.90 Å². The zero-order valence-corrected chi connectivity index (χ0v) is 11.9. The van der Waals surface area contributed by atoms with Gasteiger partial charge in [0.2, 0.25) is 5.91 Å². The van der Waals surface area contributed by atoms with Crippen molar-refractivity contribution in [2.75, 3.05) is 0 Å². The molecular formula is C14H28N2O2. The van der Waals surface area contributed by atoms with Crippen molar-refractivity contribution >= 4 is 5.91 Å². The summed E-state index contributed by atoms with van der Waals surface area (Å²) in [6.07, 6.45) is 4.59. The van der Waals surface area contributed by atoms with E-state index in [1.54, 1.807) is 0 Å². The van der Waals surface area contributed by atoms with Crippen LogP contribution in [0.4, 0.5) is 0 Å². The first kappa shape index (κ1) is 15.4. The molecule has 0 aromatic carbocycles. The minimum atomic E-state index is -0.387. The van der Waals surface area contributed by atoms with Crippen LogP contribution in [0.1, 0.15) is 59.3 Å². The Bertz CT molecular complexity index is 273. The van der Waals surface area contributed by atoms with Crippen LogP contribution in [0, 0.1) is 5.41 Å². The highest BCUT2D eigenvalue weighted by molar-refractivity contribution is 5.76. The molecule has 3 atom stereocenters. The van der Waals surface area contributed by atoms with Gasteiger partial charge in [0, 0.05) is 12.5 Å². The molecule has 0 aromatic heterocycles. The Balaban J connectivity index is 2.32. The van der Waals surface area contributed by atoms with E-state index in [9.17, 15) is 9.90 Å². The van der Waals surface area contributed by atoms with Gasteiger partial charge in [-0.2, -0.15) is 0 Å². The van der Waals surface area contributed by atoms with Crippen molar-refractivity contribution in [1.29, 1.82) is 0 Å². The van der Waals surface area contributed by atoms with Crippen molar-refractivity contribution in [1.82, 2.24) is 5.32 Å². The van der Waals surface area contributed by atoms with Crippen LogP contribution in [-0.4, -0.2) is 29.2 Å². The molecule has 1 unspecified atom stereocenters. The van der Waals surface area contributed by atoms with Gasteiger partial charge in [-0.1, -0.05) is 33.6 Å². The van der Waals surface area contributed by atoms with Crippen molar-refractivity contribution in [3.63, 3.8) is 0 Å². The standard InChI is InChI=1S/C14H28N2O2/c1-14(2,3)9-10(15)8-13(18)16-11-6-4-5-7-12(11)17/h10-12,17H,4-9,15H2,1-3H3,(H,16,18)/t10?,11-,12-/m1/s1. The maximum absolute atomic E-state index is 11.9. The van der Waals surface area contributed by atoms with Crippen LogP contribution >= 0.6 is 0 Å². The molecule has 1 fully saturated rings. The fourth-order valence-corrected chi connectivity index (χ4v) is 2.64. The van der Waals surface area contributed by atoms with Crippen LogP contribution in [0.5, 0.6) is 0 Å². The molecule has 106 valence electrons. The van der Waals surface area contributed by atoms with E-state index in [0.29, 0.717) is 6.42 Å². The Morgan fingerprint density at radius 3 is 2.56 bits per heavy atom. The normalized spacial score (nSPS) is 26.7. The summed E-state index contributed by atoms with van der Waals surface area (Å²) in [4.78, 5) is 11.9. The molecule has 1 aliphatic rings. The average Bonchev–Trinajstić information content (AvgIpc) is 2.18. The summed E-state index contributed by atoms with van der Waals surface area (Å²) in [5.74, 6) is -0.0299. The van der Waals surface area contributed by atoms with Crippen molar-refractivity contribution in [2.24, 2.45) is 11.1 Å². The van der Waals surface area contributed by atoms with Gasteiger partial charge in [-0.3, -0.25) is 4.79 Å². The summed E-state index contributed by atoms with van der Waals surface area (Å²) in [6, 6.07) is -0.182. The number of nitrogens with one attached hydrogen (secondary N) is 1. The maximum atomic E-state index is 11.9. The summed E-state index contributed by atoms with van der Waals surface area (Å²) < 4.78 is 0. The van der Waals surface area contributed by atoms with E-state index in [1.165, 1.54) is 0 Å². The largest absolute Gasteiger partial charge is 0.391 e. The third kappa shape index (κ3) is 5.83. The molecule has 0 spiro atoms. The Morgan fingerprint density at radius 2 is 2.00 bits per heavy atom. The summed E-state index contributed by atoms with van der Waals surface area (Å²) in [5, 5.41) is 12.7. The quantitative estimate of drug-likeness (QED) is 0.714. The second-order valence-electron chi connectivity index (χ2n) is 6.75. The first-order valence-electron chi connectivity index (χ1n) is 7.01. The van der Waals surface area contributed by atoms with Gasteiger partial charge in [0.25, 0.3) is 0 Å². The van der Waals surface area contributed by atoms with Gasteiger partial charge in [-0.15, -0.1) is 0 Å². The van der Waals surface area contributed by atoms with E-state index in [0.717, 1.165) is 32.1 Å². The minimum Gasteiger partial charge on any atom is -0.391 e. The number of carbonyl (C=O) groups is 1. The molecule has 4 N–H and O–H groups in total. The molecule has 0 aliphatic heterocycles. The van der Waals surface area contributed by atoms with E-state index in [-0.39, 0.29) is 29.5 Å². The van der Waals surface area contributed by atoms with Gasteiger partial charge >= 0.3 is 0 Å². The molecule has 1 rings (SSSR count). The number of aliphatic hydroxyl groups is 1. The monoisotopic (exact) mass is 256 g/mol. The third-order valence-electron chi connectivity index (χ3n) is 3.40. The number of carbonyl (C=O) groups excluding carboxylic acids is 1. The van der Waals surface area contributed by atoms with Crippen LogP contribution < -0.4 is 11.1 Å². The van der Waals surface area contributed by atoms with Crippen molar-refractivity contribution in [3.05, 3.63) is 0 Å². The molecular weight excluding hydrogens is 228 g/mol. The van der Waals surface area contributed by atoms with Crippen LogP contribution in [-0.2, 0) is 4.79 Å². The maximum Gasteiger partial charge on any atom is 0.221 e. The van der Waals surface area contributed by atoms with E-state index >= 15 is 0 Å². The smallest absolute Gasteiger partial charge is 0.221 e. The molecule has 4 heteroatoms. The Kier molecular flexibility index (Phi) is 5.60. The lowest BCUT2D eigenvalue weighted by Gasteiger charge is -2.29. The molecule has 1 aliphatic carbocycles. The summed E-state index contributed by atoms with van der Waals surface area (Å²) >= 11 is 0. The zero-order chi connectivity index (χ0) is 13.8. The average molecular weight is 256 g/mol. The summed E-state index contributed by atoms with van der Waals surface area (Å²) in [5.41, 5.74) is 6.12. The lowest BCUT2D eigenvalue weighted by molar-refractivity contribution is -0.123. The number of hydrogen-bond acceptors (Lipinski definition) is 3. The number of nitrogens with two attached hydrogens (primary N) is 1. The van der Waals surface area contributed by atoms with E-state index in [2.05, 4.69) is 26.1 Å². The lowest BCUT2D eigenvalue weighted by Crippen LogP contribution is -2.46. The third-order valence-corrected chi connectivity index (χ3v) is 3.40. The Hall–Kier alpha value is -0.610. The second-order valence-corrected chi connectivity index (χ2v) is 6.75. The van der Waals surface area contributed by atoms with E-state index in [1.807, 2.05) is 0 Å². The van der Waals surface area contributed by atoms with Crippen LogP contribution in [0.25, 0.3) is 0 Å². The Morgan fingerprint density at radius 1 is 1.39 bits per heavy atom. The van der Waals surface area contributed by atoms with Crippen molar-refractivity contribution in [3.8, 4) is 0 Å². The first-order chi connectivity index (χ1) is 8.28. The first-order valence-corrected chi connectivity index (χ1v) is 7.01. The minimum absolute atomic E-state index is 0.0299. The highest BCUT2D eigenvalue weighted by atomic mass is 16.3. The molecule has 0 aromatic rings. The number of aliphatic hydroxyl groups excluding tert-OH is 1. The summed E-state index contributed by atoms with van der Waals surface area (Å²) in [6.45, 7) is 6.36. The van der Waals surface area contributed by atoms with Crippen LogP contribution in [0.15, 0.2) is 0 Å². The zero-order valence-electron chi connectivity index (χ0n) is 11.9. The highest BCUT2D eigenvalue weighted by Crippen LogP contribution is 2.22. The van der Waals surface area contributed by atoms with Gasteiger partial charge in [0.05, 0.1) is 12.1 Å². The van der Waals surface area contributed by atoms with Crippen LogP contribution in [0.3, 0.4) is 0 Å². The van der Waals surface area contributed by atoms with E-state index in [4.69, 9.17) is 5.73 Å². The van der Waals surface area contributed by atoms with Gasteiger partial charge in [0.1, 0.15) is 0 Å². The predicted octanol–water partition coefficient (Wildman–Crippen LogP) is 1.56. The molecule has 0 radical (unpaired) electrons. The lowest BCUT2D eigenvalue weighted by atomic mass is 9.87. The fraction of sp³-hybridized carbons (Fsp3) is 0.929. The molecule has 0 bridgehead atoms. The van der Waals surface area contributed by atoms with Gasteiger partial charge in [-0.25, -0.2) is 0 Å². The molecule has 0 heterocycles. The second kappa shape index (κ2) is 6.53. The predicted molar refractivity (Wildman–Crippen MR) is 73.1 cm³/mol. The molecule has 1 saturated carbocycles. The summed E-state index contributed by atoms with van der Waals surface area (Å²) in [7, 11) is 0. The number of hydrogen-bond donors (Lipinski definition) is 3. The number of amides is 1. The highest BCUT2D eigenvalue weighted by Gasteiger charge is 2.25. The fourth-order valence-electron chi connectivity index (χ4n) is 2.64. The SMILES string of the molecule is CC(C)(C)CC(N)CC(=O)N[C@@H]1CCCC[C@H]1O. The molecule has 1 amide bonds. The molecule has 0 saturated heterocycles. The van der Waals surface area contributed by atoms with E-state index < -0.39 is 0 Å². The van der Waals surface area contributed by atoms with Gasteiger partial charge in [0.15, 0.2) is 0 Å². The van der Waals surface area contributed by atoms with Gasteiger partial charge in [-0.05, 0) is 24.7 Å². The van der Waals surface area contributed by atoms with Crippen molar-refractivity contribution in [2.45, 2.75) is 77.5 Å². The molecule has 18 heavy (non-hydrogen) atoms. The number of rotatable bonds is 4. The Labute approximate surface area is 110 Å². The topological polar surface area (TPSA) is 75.4 Å². The van der Waals surface area contributed by atoms with Crippen LogP contribution in [0.2, 0.25) is 0 Å².